The second-order valence-electron chi connectivity index (χ2n) is 5.57. The van der Waals surface area contributed by atoms with Crippen LogP contribution in [0.2, 0.25) is 0 Å². The quantitative estimate of drug-likeness (QED) is 0.791. The van der Waals surface area contributed by atoms with E-state index in [1.54, 1.807) is 24.3 Å². The Morgan fingerprint density at radius 3 is 2.17 bits per heavy atom. The molecule has 0 heterocycles. The molecule has 4 N–H and O–H groups in total. The summed E-state index contributed by atoms with van der Waals surface area (Å²) in [6.07, 6.45) is 0.250. The van der Waals surface area contributed by atoms with Gasteiger partial charge < -0.3 is 16.2 Å². The number of carbonyl (C=O) groups excluding carboxylic acids is 1. The van der Waals surface area contributed by atoms with Crippen LogP contribution in [0.4, 0.5) is 5.69 Å². The molecule has 23 heavy (non-hydrogen) atoms. The number of amides is 1. The first kappa shape index (κ1) is 16.7. The number of carboxylic acid groups (broad SMARTS) is 1. The van der Waals surface area contributed by atoms with Crippen LogP contribution in [0.15, 0.2) is 42.5 Å². The van der Waals surface area contributed by atoms with Crippen LogP contribution >= 0.6 is 0 Å². The predicted molar refractivity (Wildman–Crippen MR) is 89.6 cm³/mol. The standard InChI is InChI=1S/C18H20N2O3/c1-11-4-3-5-12(2)16(11)17(21)20-14-8-6-13(7-9-14)10-15(19)18(22)23/h3-9,15H,10,19H2,1-2H3,(H,20,21)(H,22,23)/t15-/m0/s1. The maximum atomic E-state index is 12.4. The first-order valence-electron chi connectivity index (χ1n) is 7.33. The van der Waals surface area contributed by atoms with Crippen molar-refractivity contribution in [3.8, 4) is 0 Å². The largest absolute Gasteiger partial charge is 0.480 e. The lowest BCUT2D eigenvalue weighted by molar-refractivity contribution is -0.138. The minimum absolute atomic E-state index is 0.157. The maximum absolute atomic E-state index is 12.4. The SMILES string of the molecule is Cc1cccc(C)c1C(=O)Nc1ccc(C[C@H](N)C(=O)O)cc1. The summed E-state index contributed by atoms with van der Waals surface area (Å²) in [7, 11) is 0. The Bertz CT molecular complexity index is 703. The minimum atomic E-state index is -1.03. The maximum Gasteiger partial charge on any atom is 0.320 e. The number of aryl methyl sites for hydroxylation is 2. The average molecular weight is 312 g/mol. The summed E-state index contributed by atoms with van der Waals surface area (Å²) in [6, 6.07) is 11.8. The third-order valence-electron chi connectivity index (χ3n) is 3.69. The van der Waals surface area contributed by atoms with Crippen molar-refractivity contribution in [1.82, 2.24) is 0 Å². The monoisotopic (exact) mass is 312 g/mol. The van der Waals surface area contributed by atoms with E-state index in [0.717, 1.165) is 16.7 Å². The highest BCUT2D eigenvalue weighted by Gasteiger charge is 2.13. The molecule has 0 spiro atoms. The second kappa shape index (κ2) is 7.07. The highest BCUT2D eigenvalue weighted by Crippen LogP contribution is 2.17. The van der Waals surface area contributed by atoms with E-state index in [0.29, 0.717) is 11.3 Å². The fraction of sp³-hybridized carbons (Fsp3) is 0.222. The summed E-state index contributed by atoms with van der Waals surface area (Å²) in [4.78, 5) is 23.2. The van der Waals surface area contributed by atoms with Crippen molar-refractivity contribution in [2.24, 2.45) is 5.73 Å². The van der Waals surface area contributed by atoms with E-state index >= 15 is 0 Å². The molecule has 0 unspecified atom stereocenters. The highest BCUT2D eigenvalue weighted by atomic mass is 16.4. The van der Waals surface area contributed by atoms with Gasteiger partial charge in [0.05, 0.1) is 0 Å². The molecule has 0 aromatic heterocycles. The number of carbonyl (C=O) groups is 2. The lowest BCUT2D eigenvalue weighted by Gasteiger charge is -2.11. The number of rotatable bonds is 5. The van der Waals surface area contributed by atoms with Gasteiger partial charge in [0.25, 0.3) is 5.91 Å². The Balaban J connectivity index is 2.09. The summed E-state index contributed by atoms with van der Waals surface area (Å²) in [5, 5.41) is 11.7. The number of carboxylic acids is 1. The van der Waals surface area contributed by atoms with Crippen LogP contribution in [-0.4, -0.2) is 23.0 Å². The normalized spacial score (nSPS) is 11.8. The number of aliphatic carboxylic acids is 1. The van der Waals surface area contributed by atoms with Crippen molar-refractivity contribution >= 4 is 17.6 Å². The van der Waals surface area contributed by atoms with Gasteiger partial charge in [0.1, 0.15) is 6.04 Å². The first-order valence-corrected chi connectivity index (χ1v) is 7.33. The van der Waals surface area contributed by atoms with Gasteiger partial charge in [0.15, 0.2) is 0 Å². The molecule has 0 aliphatic heterocycles. The molecule has 2 aromatic carbocycles. The van der Waals surface area contributed by atoms with Crippen molar-refractivity contribution in [3.05, 3.63) is 64.7 Å². The number of nitrogens with two attached hydrogens (primary N) is 1. The number of benzene rings is 2. The summed E-state index contributed by atoms with van der Waals surface area (Å²) >= 11 is 0. The van der Waals surface area contributed by atoms with Gasteiger partial charge in [0, 0.05) is 11.3 Å². The zero-order chi connectivity index (χ0) is 17.0. The Morgan fingerprint density at radius 1 is 1.09 bits per heavy atom. The van der Waals surface area contributed by atoms with Crippen molar-refractivity contribution < 1.29 is 14.7 Å². The summed E-state index contributed by atoms with van der Waals surface area (Å²) in [5.41, 5.74) is 9.49. The second-order valence-corrected chi connectivity index (χ2v) is 5.57. The molecular formula is C18H20N2O3. The molecule has 0 saturated carbocycles. The molecule has 2 rings (SSSR count). The molecule has 1 amide bonds. The van der Waals surface area contributed by atoms with Crippen LogP contribution < -0.4 is 11.1 Å². The van der Waals surface area contributed by atoms with Crippen LogP contribution in [0.1, 0.15) is 27.0 Å². The van der Waals surface area contributed by atoms with Crippen molar-refractivity contribution in [3.63, 3.8) is 0 Å². The third-order valence-corrected chi connectivity index (χ3v) is 3.69. The summed E-state index contributed by atoms with van der Waals surface area (Å²) in [5.74, 6) is -1.19. The average Bonchev–Trinajstić information content (AvgIpc) is 2.49. The van der Waals surface area contributed by atoms with Gasteiger partial charge in [-0.2, -0.15) is 0 Å². The zero-order valence-corrected chi connectivity index (χ0v) is 13.2. The Morgan fingerprint density at radius 2 is 1.65 bits per heavy atom. The summed E-state index contributed by atoms with van der Waals surface area (Å²) < 4.78 is 0. The van der Waals surface area contributed by atoms with Crippen LogP contribution in [0.25, 0.3) is 0 Å². The van der Waals surface area contributed by atoms with Crippen LogP contribution in [0, 0.1) is 13.8 Å². The van der Waals surface area contributed by atoms with E-state index in [1.807, 2.05) is 32.0 Å². The molecule has 0 aliphatic carbocycles. The van der Waals surface area contributed by atoms with Crippen molar-refractivity contribution in [1.29, 1.82) is 0 Å². The molecule has 0 aliphatic rings. The fourth-order valence-corrected chi connectivity index (χ4v) is 2.43. The zero-order valence-electron chi connectivity index (χ0n) is 13.2. The van der Waals surface area contributed by atoms with E-state index in [2.05, 4.69) is 5.32 Å². The Hall–Kier alpha value is -2.66. The van der Waals surface area contributed by atoms with E-state index in [4.69, 9.17) is 10.8 Å². The van der Waals surface area contributed by atoms with Gasteiger partial charge >= 0.3 is 5.97 Å². The van der Waals surface area contributed by atoms with Gasteiger partial charge in [0.2, 0.25) is 0 Å². The molecule has 120 valence electrons. The molecule has 0 radical (unpaired) electrons. The van der Waals surface area contributed by atoms with Gasteiger partial charge in [-0.1, -0.05) is 30.3 Å². The third kappa shape index (κ3) is 4.17. The number of hydrogen-bond acceptors (Lipinski definition) is 3. The molecule has 5 nitrogen and oxygen atoms in total. The van der Waals surface area contributed by atoms with Crippen molar-refractivity contribution in [2.75, 3.05) is 5.32 Å². The molecule has 0 fully saturated rings. The van der Waals surface area contributed by atoms with Gasteiger partial charge in [-0.3, -0.25) is 9.59 Å². The molecule has 0 bridgehead atoms. The number of hydrogen-bond donors (Lipinski definition) is 3. The molecular weight excluding hydrogens is 292 g/mol. The van der Waals surface area contributed by atoms with E-state index in [1.165, 1.54) is 0 Å². The number of nitrogens with one attached hydrogen (secondary N) is 1. The van der Waals surface area contributed by atoms with Gasteiger partial charge in [-0.25, -0.2) is 0 Å². The van der Waals surface area contributed by atoms with E-state index in [9.17, 15) is 9.59 Å². The fourth-order valence-electron chi connectivity index (χ4n) is 2.43. The Kier molecular flexibility index (Phi) is 5.13. The smallest absolute Gasteiger partial charge is 0.320 e. The van der Waals surface area contributed by atoms with Crippen LogP contribution in [0.5, 0.6) is 0 Å². The van der Waals surface area contributed by atoms with Gasteiger partial charge in [-0.05, 0) is 49.1 Å². The molecule has 5 heteroatoms. The minimum Gasteiger partial charge on any atom is -0.480 e. The van der Waals surface area contributed by atoms with Crippen LogP contribution in [0.3, 0.4) is 0 Å². The summed E-state index contributed by atoms with van der Waals surface area (Å²) in [6.45, 7) is 3.80. The lowest BCUT2D eigenvalue weighted by Crippen LogP contribution is -2.32. The topological polar surface area (TPSA) is 92.4 Å². The Labute approximate surface area is 135 Å². The van der Waals surface area contributed by atoms with Crippen LogP contribution in [-0.2, 0) is 11.2 Å². The predicted octanol–water partition coefficient (Wildman–Crippen LogP) is 2.51. The van der Waals surface area contributed by atoms with E-state index in [-0.39, 0.29) is 12.3 Å². The van der Waals surface area contributed by atoms with Gasteiger partial charge in [-0.15, -0.1) is 0 Å². The molecule has 1 atom stereocenters. The van der Waals surface area contributed by atoms with Crippen molar-refractivity contribution in [2.45, 2.75) is 26.3 Å². The highest BCUT2D eigenvalue weighted by molar-refractivity contribution is 6.06. The number of anilines is 1. The molecule has 2 aromatic rings. The lowest BCUT2D eigenvalue weighted by atomic mass is 10.0. The first-order chi connectivity index (χ1) is 10.9. The van der Waals surface area contributed by atoms with E-state index < -0.39 is 12.0 Å². The molecule has 0 saturated heterocycles.